The summed E-state index contributed by atoms with van der Waals surface area (Å²) in [4.78, 5) is 14.4. The van der Waals surface area contributed by atoms with E-state index >= 15 is 0 Å². The van der Waals surface area contributed by atoms with Gasteiger partial charge in [0.2, 0.25) is 5.91 Å². The molecular weight excluding hydrogens is 342 g/mol. The van der Waals surface area contributed by atoms with Crippen LogP contribution in [-0.2, 0) is 11.3 Å². The standard InChI is InChI=1S/C17H18BrN3O/c1-12-4-6-20(7-5-12)17(22)11-21-10-13(9-19)15-8-14(18)2-3-16(15)21/h2-3,8,10,12H,4-7,11H2,1H3. The van der Waals surface area contributed by atoms with E-state index < -0.39 is 0 Å². The Morgan fingerprint density at radius 1 is 1.41 bits per heavy atom. The van der Waals surface area contributed by atoms with Crippen molar-refractivity contribution in [2.75, 3.05) is 13.1 Å². The minimum absolute atomic E-state index is 0.135. The third kappa shape index (κ3) is 2.89. The van der Waals surface area contributed by atoms with Gasteiger partial charge in [-0.1, -0.05) is 22.9 Å². The molecule has 4 nitrogen and oxygen atoms in total. The van der Waals surface area contributed by atoms with Crippen molar-refractivity contribution in [2.45, 2.75) is 26.3 Å². The van der Waals surface area contributed by atoms with Gasteiger partial charge in [0.1, 0.15) is 12.6 Å². The Bertz CT molecular complexity index is 751. The van der Waals surface area contributed by atoms with Crippen LogP contribution >= 0.6 is 15.9 Å². The summed E-state index contributed by atoms with van der Waals surface area (Å²) < 4.78 is 2.83. The SMILES string of the molecule is CC1CCN(C(=O)Cn2cc(C#N)c3cc(Br)ccc32)CC1. The number of hydrogen-bond acceptors (Lipinski definition) is 2. The molecule has 1 aliphatic rings. The van der Waals surface area contributed by atoms with Crippen molar-refractivity contribution in [1.29, 1.82) is 5.26 Å². The predicted molar refractivity (Wildman–Crippen MR) is 89.3 cm³/mol. The zero-order valence-corrected chi connectivity index (χ0v) is 14.1. The second-order valence-corrected chi connectivity index (χ2v) is 6.92. The summed E-state index contributed by atoms with van der Waals surface area (Å²) in [6.45, 7) is 4.22. The molecule has 2 heterocycles. The fourth-order valence-electron chi connectivity index (χ4n) is 2.99. The van der Waals surface area contributed by atoms with Crippen molar-refractivity contribution in [3.05, 3.63) is 34.4 Å². The molecule has 114 valence electrons. The zero-order valence-electron chi connectivity index (χ0n) is 12.6. The van der Waals surface area contributed by atoms with Gasteiger partial charge >= 0.3 is 0 Å². The lowest BCUT2D eigenvalue weighted by Crippen LogP contribution is -2.39. The first-order valence-corrected chi connectivity index (χ1v) is 8.34. The fourth-order valence-corrected chi connectivity index (χ4v) is 3.35. The maximum absolute atomic E-state index is 12.5. The average molecular weight is 360 g/mol. The number of amides is 1. The van der Waals surface area contributed by atoms with E-state index in [9.17, 15) is 10.1 Å². The molecule has 0 radical (unpaired) electrons. The van der Waals surface area contributed by atoms with E-state index in [0.29, 0.717) is 18.0 Å². The van der Waals surface area contributed by atoms with Crippen molar-refractivity contribution in [2.24, 2.45) is 5.92 Å². The molecule has 2 aromatic rings. The zero-order chi connectivity index (χ0) is 15.7. The quantitative estimate of drug-likeness (QED) is 0.823. The Hall–Kier alpha value is -1.80. The Morgan fingerprint density at radius 2 is 2.14 bits per heavy atom. The summed E-state index contributed by atoms with van der Waals surface area (Å²) in [6.07, 6.45) is 3.94. The normalized spacial score (nSPS) is 16.0. The van der Waals surface area contributed by atoms with Gasteiger partial charge in [-0.2, -0.15) is 5.26 Å². The number of fused-ring (bicyclic) bond motifs is 1. The number of carbonyl (C=O) groups excluding carboxylic acids is 1. The number of halogens is 1. The smallest absolute Gasteiger partial charge is 0.242 e. The molecule has 3 rings (SSSR count). The van der Waals surface area contributed by atoms with Crippen LogP contribution in [0.15, 0.2) is 28.9 Å². The van der Waals surface area contributed by atoms with Gasteiger partial charge in [-0.15, -0.1) is 0 Å². The lowest BCUT2D eigenvalue weighted by atomic mass is 9.99. The molecule has 0 aliphatic carbocycles. The summed E-state index contributed by atoms with van der Waals surface area (Å²) in [5.74, 6) is 0.843. The van der Waals surface area contributed by atoms with E-state index in [1.807, 2.05) is 27.7 Å². The highest BCUT2D eigenvalue weighted by atomic mass is 79.9. The second kappa shape index (κ2) is 6.13. The van der Waals surface area contributed by atoms with Crippen LogP contribution in [0.25, 0.3) is 10.9 Å². The third-order valence-corrected chi connectivity index (χ3v) is 4.90. The van der Waals surface area contributed by atoms with Gasteiger partial charge in [-0.25, -0.2) is 0 Å². The fraction of sp³-hybridized carbons (Fsp3) is 0.412. The molecule has 5 heteroatoms. The molecule has 0 spiro atoms. The van der Waals surface area contributed by atoms with Gasteiger partial charge in [0.05, 0.1) is 5.56 Å². The van der Waals surface area contributed by atoms with Gasteiger partial charge in [0, 0.05) is 34.7 Å². The number of rotatable bonds is 2. The Balaban J connectivity index is 1.85. The number of benzene rings is 1. The molecule has 1 amide bonds. The molecule has 1 aromatic heterocycles. The second-order valence-electron chi connectivity index (χ2n) is 6.01. The van der Waals surface area contributed by atoms with Crippen molar-refractivity contribution >= 4 is 32.7 Å². The Kier molecular flexibility index (Phi) is 4.21. The lowest BCUT2D eigenvalue weighted by molar-refractivity contribution is -0.133. The lowest BCUT2D eigenvalue weighted by Gasteiger charge is -2.30. The van der Waals surface area contributed by atoms with Gasteiger partial charge in [-0.3, -0.25) is 4.79 Å². The molecule has 0 atom stereocenters. The van der Waals surface area contributed by atoms with Crippen LogP contribution in [0.1, 0.15) is 25.3 Å². The summed E-state index contributed by atoms with van der Waals surface area (Å²) >= 11 is 3.43. The minimum Gasteiger partial charge on any atom is -0.341 e. The van der Waals surface area contributed by atoms with Crippen molar-refractivity contribution < 1.29 is 4.79 Å². The van der Waals surface area contributed by atoms with Crippen molar-refractivity contribution in [3.63, 3.8) is 0 Å². The maximum atomic E-state index is 12.5. The van der Waals surface area contributed by atoms with Gasteiger partial charge in [0.25, 0.3) is 0 Å². The number of likely N-dealkylation sites (tertiary alicyclic amines) is 1. The third-order valence-electron chi connectivity index (χ3n) is 4.41. The van der Waals surface area contributed by atoms with Crippen LogP contribution in [0.4, 0.5) is 0 Å². The van der Waals surface area contributed by atoms with Crippen LogP contribution in [0.2, 0.25) is 0 Å². The van der Waals surface area contributed by atoms with E-state index in [4.69, 9.17) is 0 Å². The summed E-state index contributed by atoms with van der Waals surface area (Å²) in [6, 6.07) is 8.03. The summed E-state index contributed by atoms with van der Waals surface area (Å²) in [5.41, 5.74) is 1.54. The van der Waals surface area contributed by atoms with Gasteiger partial charge < -0.3 is 9.47 Å². The molecule has 1 saturated heterocycles. The first-order valence-electron chi connectivity index (χ1n) is 7.54. The Labute approximate surface area is 138 Å². The van der Waals surface area contributed by atoms with Crippen LogP contribution in [-0.4, -0.2) is 28.5 Å². The summed E-state index contributed by atoms with van der Waals surface area (Å²) in [7, 11) is 0. The number of aromatic nitrogens is 1. The largest absolute Gasteiger partial charge is 0.341 e. The van der Waals surface area contributed by atoms with Crippen molar-refractivity contribution in [1.82, 2.24) is 9.47 Å². The molecule has 1 aromatic carbocycles. The molecule has 0 saturated carbocycles. The highest BCUT2D eigenvalue weighted by Crippen LogP contribution is 2.25. The van der Waals surface area contributed by atoms with Crippen LogP contribution in [0.5, 0.6) is 0 Å². The first-order chi connectivity index (χ1) is 10.6. The number of piperidine rings is 1. The highest BCUT2D eigenvalue weighted by molar-refractivity contribution is 9.10. The summed E-state index contributed by atoms with van der Waals surface area (Å²) in [5, 5.41) is 10.2. The first kappa shape index (κ1) is 15.1. The molecule has 1 aliphatic heterocycles. The monoisotopic (exact) mass is 359 g/mol. The molecular formula is C17H18BrN3O. The van der Waals surface area contributed by atoms with Crippen LogP contribution in [0.3, 0.4) is 0 Å². The van der Waals surface area contributed by atoms with E-state index in [2.05, 4.69) is 28.9 Å². The average Bonchev–Trinajstić information content (AvgIpc) is 2.85. The number of carbonyl (C=O) groups is 1. The topological polar surface area (TPSA) is 49.0 Å². The predicted octanol–water partition coefficient (Wildman–Crippen LogP) is 3.53. The molecule has 22 heavy (non-hydrogen) atoms. The number of hydrogen-bond donors (Lipinski definition) is 0. The molecule has 0 N–H and O–H groups in total. The highest BCUT2D eigenvalue weighted by Gasteiger charge is 2.21. The molecule has 0 bridgehead atoms. The number of nitriles is 1. The Morgan fingerprint density at radius 3 is 2.82 bits per heavy atom. The molecule has 0 unspecified atom stereocenters. The van der Waals surface area contributed by atoms with E-state index in [1.54, 1.807) is 6.20 Å². The maximum Gasteiger partial charge on any atom is 0.242 e. The van der Waals surface area contributed by atoms with E-state index in [1.165, 1.54) is 0 Å². The van der Waals surface area contributed by atoms with Crippen molar-refractivity contribution in [3.8, 4) is 6.07 Å². The van der Waals surface area contributed by atoms with Gasteiger partial charge in [-0.05, 0) is 37.0 Å². The van der Waals surface area contributed by atoms with Crippen LogP contribution in [0, 0.1) is 17.2 Å². The number of nitrogens with zero attached hydrogens (tertiary/aromatic N) is 3. The van der Waals surface area contributed by atoms with Gasteiger partial charge in [0.15, 0.2) is 0 Å². The van der Waals surface area contributed by atoms with E-state index in [-0.39, 0.29) is 5.91 Å². The minimum atomic E-state index is 0.135. The van der Waals surface area contributed by atoms with E-state index in [0.717, 1.165) is 41.3 Å². The van der Waals surface area contributed by atoms with Crippen LogP contribution < -0.4 is 0 Å². The molecule has 1 fully saturated rings.